The van der Waals surface area contributed by atoms with Gasteiger partial charge >= 0.3 is 0 Å². The minimum Gasteiger partial charge on any atom is -0.394 e. The highest BCUT2D eigenvalue weighted by molar-refractivity contribution is 5.75. The predicted molar refractivity (Wildman–Crippen MR) is 120 cm³/mol. The van der Waals surface area contributed by atoms with Gasteiger partial charge in [0.05, 0.1) is 46.2 Å². The van der Waals surface area contributed by atoms with Gasteiger partial charge in [-0.3, -0.25) is 0 Å². The molecule has 0 saturated carbocycles. The predicted octanol–water partition coefficient (Wildman–Crippen LogP) is 4.24. The largest absolute Gasteiger partial charge is 0.394 e. The summed E-state index contributed by atoms with van der Waals surface area (Å²) in [6.45, 7) is 14.9. The van der Waals surface area contributed by atoms with Crippen LogP contribution in [-0.2, 0) is 19.0 Å². The highest BCUT2D eigenvalue weighted by Crippen LogP contribution is 2.06. The molecule has 6 nitrogen and oxygen atoms in total. The van der Waals surface area contributed by atoms with Gasteiger partial charge in [0.15, 0.2) is 0 Å². The van der Waals surface area contributed by atoms with Crippen LogP contribution in [0, 0.1) is 0 Å². The minimum atomic E-state index is 0. The van der Waals surface area contributed by atoms with Crippen LogP contribution in [0.3, 0.4) is 0 Å². The second kappa shape index (κ2) is 34.0. The first kappa shape index (κ1) is 32.1. The van der Waals surface area contributed by atoms with Crippen LogP contribution in [0.15, 0.2) is 0 Å². The lowest BCUT2D eigenvalue weighted by molar-refractivity contribution is -0.117. The van der Waals surface area contributed by atoms with Crippen LogP contribution in [0.4, 0.5) is 0 Å². The maximum absolute atomic E-state index is 10.8. The molecule has 0 atom stereocenters. The van der Waals surface area contributed by atoms with Crippen molar-refractivity contribution in [3.8, 4) is 0 Å². The van der Waals surface area contributed by atoms with E-state index < -0.39 is 0 Å². The molecule has 0 aromatic heterocycles. The molecule has 28 heavy (non-hydrogen) atoms. The van der Waals surface area contributed by atoms with E-state index >= 15 is 0 Å². The van der Waals surface area contributed by atoms with Crippen molar-refractivity contribution in [3.63, 3.8) is 0 Å². The first-order valence-corrected chi connectivity index (χ1v) is 11.3. The SMILES string of the molecule is CC.CC.CC(=O)CCCCCCCCNCCOCCOCCOCCO.[HH]. The number of ketones is 1. The first-order valence-electron chi connectivity index (χ1n) is 11.3. The number of carbonyl (C=O) groups is 1. The fraction of sp³-hybridized carbons (Fsp3) is 0.955. The maximum atomic E-state index is 10.8. The lowest BCUT2D eigenvalue weighted by Gasteiger charge is -2.07. The summed E-state index contributed by atoms with van der Waals surface area (Å²) in [6, 6.07) is 0. The molecule has 6 heteroatoms. The zero-order valence-electron chi connectivity index (χ0n) is 19.4. The second-order valence-corrected chi connectivity index (χ2v) is 5.88. The fourth-order valence-corrected chi connectivity index (χ4v) is 2.21. The molecule has 0 unspecified atom stereocenters. The van der Waals surface area contributed by atoms with Gasteiger partial charge in [-0.05, 0) is 26.3 Å². The summed E-state index contributed by atoms with van der Waals surface area (Å²) in [4.78, 5) is 10.8. The summed E-state index contributed by atoms with van der Waals surface area (Å²) in [5.74, 6) is 0.306. The van der Waals surface area contributed by atoms with Gasteiger partial charge < -0.3 is 29.4 Å². The number of nitrogens with one attached hydrogen (secondary N) is 1. The van der Waals surface area contributed by atoms with E-state index in [2.05, 4.69) is 5.32 Å². The average molecular weight is 410 g/mol. The third-order valence-electron chi connectivity index (χ3n) is 3.54. The Morgan fingerprint density at radius 3 is 1.71 bits per heavy atom. The van der Waals surface area contributed by atoms with Crippen LogP contribution in [0.25, 0.3) is 0 Å². The number of hydrogen-bond acceptors (Lipinski definition) is 6. The van der Waals surface area contributed by atoms with Crippen molar-refractivity contribution in [2.75, 3.05) is 59.3 Å². The zero-order chi connectivity index (χ0) is 21.7. The van der Waals surface area contributed by atoms with E-state index in [-0.39, 0.29) is 8.03 Å². The molecule has 0 aliphatic rings. The lowest BCUT2D eigenvalue weighted by Crippen LogP contribution is -2.21. The zero-order valence-corrected chi connectivity index (χ0v) is 19.4. The quantitative estimate of drug-likeness (QED) is 0.293. The Morgan fingerprint density at radius 2 is 1.18 bits per heavy atom. The first-order chi connectivity index (χ1) is 13.8. The molecule has 0 radical (unpaired) electrons. The van der Waals surface area contributed by atoms with Gasteiger partial charge in [-0.15, -0.1) is 0 Å². The molecule has 0 spiro atoms. The molecule has 0 saturated heterocycles. The Hall–Kier alpha value is -0.530. The maximum Gasteiger partial charge on any atom is 0.129 e. The molecule has 0 heterocycles. The van der Waals surface area contributed by atoms with E-state index in [0.717, 1.165) is 25.9 Å². The molecule has 0 fully saturated rings. The number of aliphatic hydroxyl groups is 1. The van der Waals surface area contributed by atoms with Crippen molar-refractivity contribution in [1.29, 1.82) is 0 Å². The Morgan fingerprint density at radius 1 is 0.714 bits per heavy atom. The highest BCUT2D eigenvalue weighted by atomic mass is 16.5. The number of hydrogen-bond donors (Lipinski definition) is 2. The number of rotatable bonds is 20. The summed E-state index contributed by atoms with van der Waals surface area (Å²) >= 11 is 0. The number of ether oxygens (including phenoxy) is 3. The molecule has 0 aromatic rings. The van der Waals surface area contributed by atoms with Crippen molar-refractivity contribution in [3.05, 3.63) is 0 Å². The fourth-order valence-electron chi connectivity index (χ4n) is 2.21. The summed E-state index contributed by atoms with van der Waals surface area (Å²) in [5, 5.41) is 11.9. The van der Waals surface area contributed by atoms with Crippen LogP contribution in [-0.4, -0.2) is 70.2 Å². The van der Waals surface area contributed by atoms with Crippen LogP contribution >= 0.6 is 0 Å². The Balaban J connectivity index is -0.000000584. The lowest BCUT2D eigenvalue weighted by atomic mass is 10.1. The summed E-state index contributed by atoms with van der Waals surface area (Å²) in [7, 11) is 0. The van der Waals surface area contributed by atoms with Crippen LogP contribution in [0.2, 0.25) is 0 Å². The average Bonchev–Trinajstić information content (AvgIpc) is 2.72. The molecular formula is C22H51NO5. The summed E-state index contributed by atoms with van der Waals surface area (Å²) < 4.78 is 15.9. The summed E-state index contributed by atoms with van der Waals surface area (Å²) in [5.41, 5.74) is 0. The Kier molecular flexibility index (Phi) is 39.0. The van der Waals surface area contributed by atoms with Crippen LogP contribution in [0.5, 0.6) is 0 Å². The van der Waals surface area contributed by atoms with E-state index in [0.29, 0.717) is 45.4 Å². The molecule has 0 aromatic carbocycles. The molecular weight excluding hydrogens is 358 g/mol. The van der Waals surface area contributed by atoms with Crippen molar-refractivity contribution < 1.29 is 25.5 Å². The normalized spacial score (nSPS) is 9.93. The van der Waals surface area contributed by atoms with Crippen LogP contribution < -0.4 is 5.32 Å². The van der Waals surface area contributed by atoms with Gasteiger partial charge in [-0.2, -0.15) is 0 Å². The van der Waals surface area contributed by atoms with Gasteiger partial charge in [0.25, 0.3) is 0 Å². The van der Waals surface area contributed by atoms with Crippen molar-refractivity contribution in [2.24, 2.45) is 0 Å². The van der Waals surface area contributed by atoms with Gasteiger partial charge in [0.2, 0.25) is 0 Å². The standard InChI is InChI=1S/C18H37NO5.2C2H6.H2/c1-18(21)8-6-4-2-3-5-7-9-19-10-12-22-14-16-24-17-15-23-13-11-20;2*1-2;/h19-20H,2-17H2,1H3;2*1-2H3;1H. The Bertz CT molecular complexity index is 272. The molecule has 0 aliphatic heterocycles. The van der Waals surface area contributed by atoms with E-state index in [1.165, 1.54) is 32.1 Å². The van der Waals surface area contributed by atoms with Crippen molar-refractivity contribution >= 4 is 5.78 Å². The molecule has 0 aliphatic carbocycles. The Labute approximate surface area is 176 Å². The number of unbranched alkanes of at least 4 members (excludes halogenated alkanes) is 5. The molecule has 174 valence electrons. The van der Waals surface area contributed by atoms with Gasteiger partial charge in [-0.1, -0.05) is 53.4 Å². The second-order valence-electron chi connectivity index (χ2n) is 5.88. The molecule has 2 N–H and O–H groups in total. The van der Waals surface area contributed by atoms with E-state index in [9.17, 15) is 4.79 Å². The number of aliphatic hydroxyl groups excluding tert-OH is 1. The van der Waals surface area contributed by atoms with Gasteiger partial charge in [0, 0.05) is 14.4 Å². The highest BCUT2D eigenvalue weighted by Gasteiger charge is 1.95. The smallest absolute Gasteiger partial charge is 0.129 e. The molecule has 0 bridgehead atoms. The van der Waals surface area contributed by atoms with Gasteiger partial charge in [-0.25, -0.2) is 0 Å². The number of carbonyl (C=O) groups excluding carboxylic acids is 1. The monoisotopic (exact) mass is 409 g/mol. The topological polar surface area (TPSA) is 77.0 Å². The van der Waals surface area contributed by atoms with Crippen LogP contribution in [0.1, 0.15) is 81.0 Å². The van der Waals surface area contributed by atoms with E-state index in [4.69, 9.17) is 19.3 Å². The third kappa shape index (κ3) is 36.4. The van der Waals surface area contributed by atoms with Crippen molar-refractivity contribution in [2.45, 2.75) is 79.6 Å². The van der Waals surface area contributed by atoms with Gasteiger partial charge in [0.1, 0.15) is 5.78 Å². The minimum absolute atomic E-state index is 0. The molecule has 0 amide bonds. The third-order valence-corrected chi connectivity index (χ3v) is 3.54. The number of Topliss-reactive ketones (excluding diaryl/α,β-unsaturated/α-hetero) is 1. The van der Waals surface area contributed by atoms with E-state index in [1.54, 1.807) is 6.92 Å². The van der Waals surface area contributed by atoms with E-state index in [1.807, 2.05) is 27.7 Å². The van der Waals surface area contributed by atoms with Crippen molar-refractivity contribution in [1.82, 2.24) is 5.32 Å². The molecule has 0 rings (SSSR count). The summed E-state index contributed by atoms with van der Waals surface area (Å²) in [6.07, 6.45) is 7.91.